The number of para-hydroxylation sites is 2. The summed E-state index contributed by atoms with van der Waals surface area (Å²) in [5, 5.41) is 5.43. The van der Waals surface area contributed by atoms with E-state index in [2.05, 4.69) is 52.5 Å². The second-order valence-corrected chi connectivity index (χ2v) is 6.29. The molecule has 0 radical (unpaired) electrons. The van der Waals surface area contributed by atoms with Crippen molar-refractivity contribution in [3.8, 4) is 0 Å². The molecule has 0 atom stereocenters. The van der Waals surface area contributed by atoms with Crippen molar-refractivity contribution in [1.82, 2.24) is 14.9 Å². The van der Waals surface area contributed by atoms with Gasteiger partial charge in [0.1, 0.15) is 5.82 Å². The number of fused-ring (bicyclic) bond motifs is 1. The summed E-state index contributed by atoms with van der Waals surface area (Å²) >= 11 is 1.83. The van der Waals surface area contributed by atoms with Crippen molar-refractivity contribution >= 4 is 22.4 Å². The van der Waals surface area contributed by atoms with Crippen molar-refractivity contribution in [2.45, 2.75) is 32.9 Å². The van der Waals surface area contributed by atoms with Gasteiger partial charge in [0.2, 0.25) is 0 Å². The van der Waals surface area contributed by atoms with E-state index in [9.17, 15) is 0 Å². The lowest BCUT2D eigenvalue weighted by Gasteiger charge is -2.06. The number of hydrogen-bond acceptors (Lipinski definition) is 3. The summed E-state index contributed by atoms with van der Waals surface area (Å²) in [5.41, 5.74) is 3.71. The van der Waals surface area contributed by atoms with Gasteiger partial charge in [0.25, 0.3) is 0 Å². The van der Waals surface area contributed by atoms with E-state index in [1.165, 1.54) is 21.8 Å². The van der Waals surface area contributed by atoms with E-state index in [0.717, 1.165) is 31.4 Å². The molecular formula is C17H21N3S. The van der Waals surface area contributed by atoms with Crippen LogP contribution in [0.1, 0.15) is 29.6 Å². The Morgan fingerprint density at radius 1 is 1.29 bits per heavy atom. The van der Waals surface area contributed by atoms with Crippen LogP contribution in [-0.4, -0.2) is 16.6 Å². The second kappa shape index (κ2) is 6.41. The molecule has 0 saturated heterocycles. The summed E-state index contributed by atoms with van der Waals surface area (Å²) < 4.78 is 2.37. The zero-order valence-corrected chi connectivity index (χ0v) is 13.4. The highest BCUT2D eigenvalue weighted by molar-refractivity contribution is 7.10. The van der Waals surface area contributed by atoms with Gasteiger partial charge in [0.15, 0.2) is 0 Å². The summed E-state index contributed by atoms with van der Waals surface area (Å²) in [7, 11) is 1.98. The summed E-state index contributed by atoms with van der Waals surface area (Å²) in [5.74, 6) is 1.18. The van der Waals surface area contributed by atoms with Crippen molar-refractivity contribution in [2.75, 3.05) is 7.05 Å². The Hall–Kier alpha value is -1.65. The monoisotopic (exact) mass is 299 g/mol. The smallest absolute Gasteiger partial charge is 0.115 e. The topological polar surface area (TPSA) is 29.9 Å². The zero-order valence-electron chi connectivity index (χ0n) is 12.6. The Balaban J connectivity index is 1.93. The number of aromatic nitrogens is 2. The molecule has 2 aromatic heterocycles. The van der Waals surface area contributed by atoms with Crippen LogP contribution in [0.5, 0.6) is 0 Å². The summed E-state index contributed by atoms with van der Waals surface area (Å²) in [4.78, 5) is 6.22. The predicted octanol–water partition coefficient (Wildman–Crippen LogP) is 3.82. The lowest BCUT2D eigenvalue weighted by atomic mass is 10.2. The van der Waals surface area contributed by atoms with Gasteiger partial charge < -0.3 is 9.88 Å². The molecule has 3 aromatic rings. The van der Waals surface area contributed by atoms with Gasteiger partial charge in [-0.25, -0.2) is 4.98 Å². The highest BCUT2D eigenvalue weighted by Crippen LogP contribution is 2.22. The largest absolute Gasteiger partial charge is 0.328 e. The minimum absolute atomic E-state index is 0.920. The van der Waals surface area contributed by atoms with Gasteiger partial charge in [0, 0.05) is 24.4 Å². The van der Waals surface area contributed by atoms with Gasteiger partial charge in [-0.05, 0) is 42.6 Å². The molecule has 0 aliphatic heterocycles. The highest BCUT2D eigenvalue weighted by atomic mass is 32.1. The molecule has 0 unspecified atom stereocenters. The molecule has 1 aromatic carbocycles. The lowest BCUT2D eigenvalue weighted by molar-refractivity contribution is 0.665. The Bertz CT molecular complexity index is 727. The zero-order chi connectivity index (χ0) is 14.7. The maximum atomic E-state index is 4.84. The molecule has 0 aliphatic rings. The van der Waals surface area contributed by atoms with Gasteiger partial charge in [0.05, 0.1) is 11.0 Å². The molecular weight excluding hydrogens is 278 g/mol. The fourth-order valence-corrected chi connectivity index (χ4v) is 3.59. The molecule has 0 saturated carbocycles. The maximum Gasteiger partial charge on any atom is 0.115 e. The van der Waals surface area contributed by atoms with Crippen LogP contribution in [0.3, 0.4) is 0 Å². The first-order valence-electron chi connectivity index (χ1n) is 7.47. The Morgan fingerprint density at radius 2 is 2.14 bits per heavy atom. The third-order valence-corrected chi connectivity index (χ3v) is 4.59. The molecule has 0 aliphatic carbocycles. The molecule has 1 N–H and O–H groups in total. The third-order valence-electron chi connectivity index (χ3n) is 3.60. The summed E-state index contributed by atoms with van der Waals surface area (Å²) in [6.07, 6.45) is 2.05. The average molecular weight is 299 g/mol. The van der Waals surface area contributed by atoms with Gasteiger partial charge in [-0.2, -0.15) is 0 Å². The minimum atomic E-state index is 0.920. The van der Waals surface area contributed by atoms with Crippen LogP contribution in [0, 0.1) is 0 Å². The second-order valence-electron chi connectivity index (χ2n) is 5.30. The quantitative estimate of drug-likeness (QED) is 0.750. The Kier molecular flexibility index (Phi) is 4.36. The third kappa shape index (κ3) is 3.01. The fraction of sp³-hybridized carbons (Fsp3) is 0.353. The van der Waals surface area contributed by atoms with Crippen molar-refractivity contribution < 1.29 is 0 Å². The summed E-state index contributed by atoms with van der Waals surface area (Å²) in [6, 6.07) is 10.7. The molecule has 3 nitrogen and oxygen atoms in total. The molecule has 3 rings (SSSR count). The first kappa shape index (κ1) is 14.3. The SMILES string of the molecule is CCCn1c(Cc2cc(CNC)cs2)nc2ccccc21. The number of thiophene rings is 1. The van der Waals surface area contributed by atoms with Gasteiger partial charge in [-0.15, -0.1) is 11.3 Å². The summed E-state index contributed by atoms with van der Waals surface area (Å²) in [6.45, 7) is 4.18. The Labute approximate surface area is 129 Å². The van der Waals surface area contributed by atoms with Crippen molar-refractivity contribution in [1.29, 1.82) is 0 Å². The molecule has 21 heavy (non-hydrogen) atoms. The standard InChI is InChI=1S/C17H21N3S/c1-3-8-20-16-7-5-4-6-15(16)19-17(20)10-14-9-13(11-18-2)12-21-14/h4-7,9,12,18H,3,8,10-11H2,1-2H3. The number of nitrogens with zero attached hydrogens (tertiary/aromatic N) is 2. The molecule has 0 fully saturated rings. The molecule has 4 heteroatoms. The van der Waals surface area contributed by atoms with Crippen LogP contribution in [0.2, 0.25) is 0 Å². The van der Waals surface area contributed by atoms with Gasteiger partial charge >= 0.3 is 0 Å². The van der Waals surface area contributed by atoms with Crippen LogP contribution in [0.15, 0.2) is 35.7 Å². The van der Waals surface area contributed by atoms with E-state index in [1.807, 2.05) is 18.4 Å². The first-order chi connectivity index (χ1) is 10.3. The predicted molar refractivity (Wildman–Crippen MR) is 89.9 cm³/mol. The van der Waals surface area contributed by atoms with Crippen molar-refractivity contribution in [3.05, 3.63) is 52.0 Å². The van der Waals surface area contributed by atoms with Crippen molar-refractivity contribution in [2.24, 2.45) is 0 Å². The lowest BCUT2D eigenvalue weighted by Crippen LogP contribution is -2.04. The van der Waals surface area contributed by atoms with E-state index in [0.29, 0.717) is 0 Å². The molecule has 0 amide bonds. The minimum Gasteiger partial charge on any atom is -0.328 e. The number of rotatable bonds is 6. The van der Waals surface area contributed by atoms with E-state index < -0.39 is 0 Å². The number of imidazole rings is 1. The number of aryl methyl sites for hydroxylation is 1. The molecule has 2 heterocycles. The van der Waals surface area contributed by atoms with Crippen LogP contribution in [-0.2, 0) is 19.5 Å². The van der Waals surface area contributed by atoms with E-state index >= 15 is 0 Å². The normalized spacial score (nSPS) is 11.3. The fourth-order valence-electron chi connectivity index (χ4n) is 2.71. The average Bonchev–Trinajstić information content (AvgIpc) is 3.06. The van der Waals surface area contributed by atoms with Crippen LogP contribution in [0.25, 0.3) is 11.0 Å². The maximum absolute atomic E-state index is 4.84. The van der Waals surface area contributed by atoms with Gasteiger partial charge in [-0.1, -0.05) is 19.1 Å². The molecule has 0 spiro atoms. The van der Waals surface area contributed by atoms with E-state index in [-0.39, 0.29) is 0 Å². The van der Waals surface area contributed by atoms with E-state index in [4.69, 9.17) is 4.98 Å². The van der Waals surface area contributed by atoms with E-state index in [1.54, 1.807) is 0 Å². The Morgan fingerprint density at radius 3 is 2.95 bits per heavy atom. The number of benzene rings is 1. The first-order valence-corrected chi connectivity index (χ1v) is 8.34. The number of nitrogens with one attached hydrogen (secondary N) is 1. The van der Waals surface area contributed by atoms with Crippen molar-refractivity contribution in [3.63, 3.8) is 0 Å². The number of hydrogen-bond donors (Lipinski definition) is 1. The van der Waals surface area contributed by atoms with Crippen LogP contribution in [0.4, 0.5) is 0 Å². The van der Waals surface area contributed by atoms with Crippen LogP contribution >= 0.6 is 11.3 Å². The molecule has 110 valence electrons. The highest BCUT2D eigenvalue weighted by Gasteiger charge is 2.11. The molecule has 0 bridgehead atoms. The van der Waals surface area contributed by atoms with Gasteiger partial charge in [-0.3, -0.25) is 0 Å². The van der Waals surface area contributed by atoms with Crippen LogP contribution < -0.4 is 5.32 Å².